The largest absolute Gasteiger partial charge is 0.497 e. The van der Waals surface area contributed by atoms with Crippen LogP contribution in [0.1, 0.15) is 11.1 Å². The highest BCUT2D eigenvalue weighted by Crippen LogP contribution is 2.35. The third-order valence-electron chi connectivity index (χ3n) is 4.19. The second-order valence-electron chi connectivity index (χ2n) is 5.92. The van der Waals surface area contributed by atoms with Gasteiger partial charge in [-0.2, -0.15) is 0 Å². The predicted molar refractivity (Wildman–Crippen MR) is 115 cm³/mol. The summed E-state index contributed by atoms with van der Waals surface area (Å²) in [6, 6.07) is 8.83. The van der Waals surface area contributed by atoms with Crippen LogP contribution < -0.4 is 23.7 Å². The fourth-order valence-corrected chi connectivity index (χ4v) is 2.66. The van der Waals surface area contributed by atoms with Crippen LogP contribution in [0.3, 0.4) is 0 Å². The highest BCUT2D eigenvalue weighted by atomic mass is 16.5. The molecular weight excluding hydrogens is 388 g/mol. The van der Waals surface area contributed by atoms with E-state index < -0.39 is 5.97 Å². The maximum absolute atomic E-state index is 12.0. The zero-order chi connectivity index (χ0) is 21.9. The average Bonchev–Trinajstić information content (AvgIpc) is 2.79. The van der Waals surface area contributed by atoms with E-state index in [1.165, 1.54) is 6.08 Å². The molecule has 0 saturated heterocycles. The number of methoxy groups -OCH3 is 5. The van der Waals surface area contributed by atoms with Crippen molar-refractivity contribution in [3.05, 3.63) is 53.6 Å². The highest BCUT2D eigenvalue weighted by molar-refractivity contribution is 5.87. The SMILES string of the molecule is COc1ccc(OC)c(/C=C/C(=O)OC/C=C/c2cc(OC)c(OC)cc2OC)c1. The molecule has 0 fully saturated rings. The molecule has 0 aromatic heterocycles. The normalized spacial score (nSPS) is 10.8. The Morgan fingerprint density at radius 3 is 2.00 bits per heavy atom. The van der Waals surface area contributed by atoms with Crippen LogP contribution in [0.2, 0.25) is 0 Å². The lowest BCUT2D eigenvalue weighted by molar-refractivity contribution is -0.136. The van der Waals surface area contributed by atoms with Crippen molar-refractivity contribution in [2.45, 2.75) is 0 Å². The number of hydrogen-bond acceptors (Lipinski definition) is 7. The van der Waals surface area contributed by atoms with E-state index in [-0.39, 0.29) is 6.61 Å². The Morgan fingerprint density at radius 1 is 0.733 bits per heavy atom. The summed E-state index contributed by atoms with van der Waals surface area (Å²) in [5.74, 6) is 2.56. The molecule has 0 aliphatic heterocycles. The zero-order valence-electron chi connectivity index (χ0n) is 17.8. The van der Waals surface area contributed by atoms with Gasteiger partial charge < -0.3 is 28.4 Å². The van der Waals surface area contributed by atoms with Crippen molar-refractivity contribution in [1.29, 1.82) is 0 Å². The molecule has 2 aromatic rings. The molecule has 0 unspecified atom stereocenters. The van der Waals surface area contributed by atoms with E-state index in [0.717, 1.165) is 5.56 Å². The fourth-order valence-electron chi connectivity index (χ4n) is 2.66. The molecule has 0 N–H and O–H groups in total. The van der Waals surface area contributed by atoms with E-state index >= 15 is 0 Å². The number of hydrogen-bond donors (Lipinski definition) is 0. The molecule has 0 spiro atoms. The van der Waals surface area contributed by atoms with Gasteiger partial charge in [-0.25, -0.2) is 4.79 Å². The molecule has 7 heteroatoms. The Morgan fingerprint density at radius 2 is 1.37 bits per heavy atom. The molecule has 2 rings (SSSR count). The van der Waals surface area contributed by atoms with Crippen molar-refractivity contribution < 1.29 is 33.2 Å². The predicted octanol–water partition coefficient (Wildman–Crippen LogP) is 4.00. The molecule has 0 amide bonds. The number of ether oxygens (including phenoxy) is 6. The summed E-state index contributed by atoms with van der Waals surface area (Å²) in [5, 5.41) is 0. The molecule has 160 valence electrons. The van der Waals surface area contributed by atoms with E-state index in [1.807, 2.05) is 0 Å². The monoisotopic (exact) mass is 414 g/mol. The highest BCUT2D eigenvalue weighted by Gasteiger charge is 2.10. The topological polar surface area (TPSA) is 72.5 Å². The number of rotatable bonds is 10. The minimum atomic E-state index is -0.483. The number of carbonyl (C=O) groups is 1. The van der Waals surface area contributed by atoms with Crippen LogP contribution in [-0.4, -0.2) is 48.1 Å². The first-order chi connectivity index (χ1) is 14.6. The van der Waals surface area contributed by atoms with Crippen molar-refractivity contribution >= 4 is 18.1 Å². The van der Waals surface area contributed by atoms with E-state index in [2.05, 4.69) is 0 Å². The lowest BCUT2D eigenvalue weighted by Gasteiger charge is -2.12. The van der Waals surface area contributed by atoms with Crippen LogP contribution in [0.4, 0.5) is 0 Å². The van der Waals surface area contributed by atoms with Crippen molar-refractivity contribution in [3.8, 4) is 28.7 Å². The van der Waals surface area contributed by atoms with Crippen LogP contribution >= 0.6 is 0 Å². The summed E-state index contributed by atoms with van der Waals surface area (Å²) in [6.45, 7) is 0.0932. The molecule has 0 atom stereocenters. The minimum absolute atomic E-state index is 0.0932. The molecule has 2 aromatic carbocycles. The van der Waals surface area contributed by atoms with Crippen molar-refractivity contribution in [1.82, 2.24) is 0 Å². The zero-order valence-corrected chi connectivity index (χ0v) is 17.8. The Balaban J connectivity index is 2.01. The summed E-state index contributed by atoms with van der Waals surface area (Å²) in [5.41, 5.74) is 1.47. The van der Waals surface area contributed by atoms with Gasteiger partial charge in [-0.05, 0) is 36.4 Å². The maximum Gasteiger partial charge on any atom is 0.331 e. The molecule has 0 aliphatic carbocycles. The molecular formula is C23H26O7. The lowest BCUT2D eigenvalue weighted by Crippen LogP contribution is -2.00. The second-order valence-corrected chi connectivity index (χ2v) is 5.92. The number of benzene rings is 2. The van der Waals surface area contributed by atoms with E-state index in [4.69, 9.17) is 28.4 Å². The summed E-state index contributed by atoms with van der Waals surface area (Å²) in [6.07, 6.45) is 6.44. The van der Waals surface area contributed by atoms with Crippen LogP contribution in [0, 0.1) is 0 Å². The van der Waals surface area contributed by atoms with Crippen molar-refractivity contribution in [2.75, 3.05) is 42.2 Å². The van der Waals surface area contributed by atoms with Crippen LogP contribution in [0.15, 0.2) is 42.5 Å². The number of carbonyl (C=O) groups excluding carboxylic acids is 1. The fraction of sp³-hybridized carbons (Fsp3) is 0.261. The molecule has 0 bridgehead atoms. The van der Waals surface area contributed by atoms with E-state index in [9.17, 15) is 4.79 Å². The van der Waals surface area contributed by atoms with E-state index in [0.29, 0.717) is 34.3 Å². The first-order valence-electron chi connectivity index (χ1n) is 9.09. The van der Waals surface area contributed by atoms with Gasteiger partial charge in [0.15, 0.2) is 11.5 Å². The first kappa shape index (κ1) is 22.7. The van der Waals surface area contributed by atoms with E-state index in [1.54, 1.807) is 84.1 Å². The Bertz CT molecular complexity index is 916. The maximum atomic E-state index is 12.0. The molecule has 0 saturated carbocycles. The standard InChI is InChI=1S/C23H26O7/c1-25-18-9-10-19(26-2)17(13-18)8-11-23(24)30-12-6-7-16-14-21(28-4)22(29-5)15-20(16)27-3/h6-11,13-15H,12H2,1-5H3/b7-6+,11-8+. The van der Waals surface area contributed by atoms with Crippen LogP contribution in [0.5, 0.6) is 28.7 Å². The molecule has 7 nitrogen and oxygen atoms in total. The van der Waals surface area contributed by atoms with Crippen molar-refractivity contribution in [2.24, 2.45) is 0 Å². The molecule has 0 radical (unpaired) electrons. The van der Waals surface area contributed by atoms with Gasteiger partial charge in [0.05, 0.1) is 35.5 Å². The van der Waals surface area contributed by atoms with Gasteiger partial charge in [0.2, 0.25) is 0 Å². The Labute approximate surface area is 176 Å². The molecule has 0 heterocycles. The lowest BCUT2D eigenvalue weighted by atomic mass is 10.1. The first-order valence-corrected chi connectivity index (χ1v) is 9.09. The second kappa shape index (κ2) is 11.4. The van der Waals surface area contributed by atoms with Gasteiger partial charge in [0.1, 0.15) is 23.9 Å². The van der Waals surface area contributed by atoms with Gasteiger partial charge >= 0.3 is 5.97 Å². The van der Waals surface area contributed by atoms with Gasteiger partial charge in [-0.1, -0.05) is 6.08 Å². The molecule has 30 heavy (non-hydrogen) atoms. The minimum Gasteiger partial charge on any atom is -0.497 e. The summed E-state index contributed by atoms with van der Waals surface area (Å²) >= 11 is 0. The third-order valence-corrected chi connectivity index (χ3v) is 4.19. The van der Waals surface area contributed by atoms with Crippen LogP contribution in [-0.2, 0) is 9.53 Å². The summed E-state index contributed by atoms with van der Waals surface area (Å²) < 4.78 is 31.6. The third kappa shape index (κ3) is 5.94. The van der Waals surface area contributed by atoms with Gasteiger partial charge in [-0.3, -0.25) is 0 Å². The van der Waals surface area contributed by atoms with Gasteiger partial charge in [0, 0.05) is 23.3 Å². The smallest absolute Gasteiger partial charge is 0.331 e. The Kier molecular flexibility index (Phi) is 8.62. The summed E-state index contributed by atoms with van der Waals surface area (Å²) in [7, 11) is 7.81. The van der Waals surface area contributed by atoms with Crippen molar-refractivity contribution in [3.63, 3.8) is 0 Å². The van der Waals surface area contributed by atoms with Crippen LogP contribution in [0.25, 0.3) is 12.2 Å². The summed E-state index contributed by atoms with van der Waals surface area (Å²) in [4.78, 5) is 12.0. The number of esters is 1. The average molecular weight is 414 g/mol. The quantitative estimate of drug-likeness (QED) is 0.430. The van der Waals surface area contributed by atoms with Gasteiger partial charge in [0.25, 0.3) is 0 Å². The van der Waals surface area contributed by atoms with Gasteiger partial charge in [-0.15, -0.1) is 0 Å². The molecule has 0 aliphatic rings. The Hall–Kier alpha value is -3.61.